The molecule has 1 aliphatic rings. The summed E-state index contributed by atoms with van der Waals surface area (Å²) in [4.78, 5) is 10.3. The molecule has 6 nitrogen and oxygen atoms in total. The highest BCUT2D eigenvalue weighted by Crippen LogP contribution is 2.41. The molecule has 24 heavy (non-hydrogen) atoms. The molecule has 1 aliphatic heterocycles. The van der Waals surface area contributed by atoms with Crippen LogP contribution in [0.3, 0.4) is 0 Å². The van der Waals surface area contributed by atoms with Crippen molar-refractivity contribution in [2.45, 2.75) is 10.3 Å². The lowest BCUT2D eigenvalue weighted by molar-refractivity contribution is -0.385. The molecule has 1 heterocycles. The molecule has 1 atom stereocenters. The standard InChI is InChI=1S/C15H13BrN2O4S2/c16-12-6-4-11(5-7-12)15-17(8-9-23-15)24(21,22)14-3-1-2-13(10-14)18(19)20/h1-7,10,15H,8-9H2. The average molecular weight is 429 g/mol. The van der Waals surface area contributed by atoms with Gasteiger partial charge in [0.1, 0.15) is 0 Å². The molecule has 0 radical (unpaired) electrons. The maximum Gasteiger partial charge on any atom is 0.270 e. The quantitative estimate of drug-likeness (QED) is 0.546. The number of non-ortho nitro benzene ring substituents is 1. The van der Waals surface area contributed by atoms with E-state index < -0.39 is 14.9 Å². The summed E-state index contributed by atoms with van der Waals surface area (Å²) in [6.45, 7) is 0.371. The highest BCUT2D eigenvalue weighted by atomic mass is 79.9. The zero-order valence-corrected chi connectivity index (χ0v) is 15.6. The number of hydrogen-bond donors (Lipinski definition) is 0. The van der Waals surface area contributed by atoms with Crippen LogP contribution in [0.5, 0.6) is 0 Å². The van der Waals surface area contributed by atoms with E-state index in [1.54, 1.807) is 0 Å². The monoisotopic (exact) mass is 428 g/mol. The fraction of sp³-hybridized carbons (Fsp3) is 0.200. The minimum atomic E-state index is -3.81. The van der Waals surface area contributed by atoms with Crippen LogP contribution in [-0.4, -0.2) is 29.9 Å². The molecule has 2 aromatic rings. The molecular formula is C15H13BrN2O4S2. The normalized spacial score (nSPS) is 18.6. The molecule has 9 heteroatoms. The topological polar surface area (TPSA) is 80.5 Å². The third-order valence-electron chi connectivity index (χ3n) is 3.64. The van der Waals surface area contributed by atoms with Gasteiger partial charge in [0.15, 0.2) is 0 Å². The van der Waals surface area contributed by atoms with Gasteiger partial charge in [-0.15, -0.1) is 11.8 Å². The number of thioether (sulfide) groups is 1. The second-order valence-corrected chi connectivity index (χ2v) is 9.14. The van der Waals surface area contributed by atoms with Crippen molar-refractivity contribution in [3.63, 3.8) is 0 Å². The number of sulfonamides is 1. The molecule has 0 saturated carbocycles. The molecule has 0 bridgehead atoms. The van der Waals surface area contributed by atoms with E-state index in [0.29, 0.717) is 12.3 Å². The Bertz CT molecular complexity index is 871. The Kier molecular flexibility index (Phi) is 4.95. The molecule has 3 rings (SSSR count). The van der Waals surface area contributed by atoms with Crippen molar-refractivity contribution >= 4 is 43.4 Å². The van der Waals surface area contributed by atoms with Crippen molar-refractivity contribution in [2.24, 2.45) is 0 Å². The molecule has 1 fully saturated rings. The van der Waals surface area contributed by atoms with Crippen molar-refractivity contribution in [1.29, 1.82) is 0 Å². The van der Waals surface area contributed by atoms with Crippen LogP contribution >= 0.6 is 27.7 Å². The summed E-state index contributed by atoms with van der Waals surface area (Å²) in [5.41, 5.74) is 0.651. The summed E-state index contributed by atoms with van der Waals surface area (Å²) >= 11 is 4.90. The van der Waals surface area contributed by atoms with Crippen molar-refractivity contribution in [3.05, 3.63) is 68.7 Å². The van der Waals surface area contributed by atoms with E-state index in [1.165, 1.54) is 34.3 Å². The molecule has 0 aliphatic carbocycles. The van der Waals surface area contributed by atoms with E-state index in [0.717, 1.165) is 16.1 Å². The van der Waals surface area contributed by atoms with E-state index >= 15 is 0 Å². The van der Waals surface area contributed by atoms with Gasteiger partial charge in [0.25, 0.3) is 5.69 Å². The van der Waals surface area contributed by atoms with Crippen LogP contribution in [0.15, 0.2) is 57.9 Å². The van der Waals surface area contributed by atoms with Gasteiger partial charge < -0.3 is 0 Å². The van der Waals surface area contributed by atoms with Crippen LogP contribution < -0.4 is 0 Å². The number of nitro benzene ring substituents is 1. The van der Waals surface area contributed by atoms with Gasteiger partial charge in [-0.1, -0.05) is 34.1 Å². The maximum absolute atomic E-state index is 12.9. The Labute approximate surface area is 152 Å². The summed E-state index contributed by atoms with van der Waals surface area (Å²) in [7, 11) is -3.81. The van der Waals surface area contributed by atoms with Crippen molar-refractivity contribution in [3.8, 4) is 0 Å². The smallest absolute Gasteiger partial charge is 0.258 e. The molecular weight excluding hydrogens is 416 g/mol. The molecule has 0 aromatic heterocycles. The number of rotatable bonds is 4. The Morgan fingerprint density at radius 3 is 2.58 bits per heavy atom. The van der Waals surface area contributed by atoms with E-state index in [4.69, 9.17) is 0 Å². The maximum atomic E-state index is 12.9. The Hall–Kier alpha value is -1.42. The van der Waals surface area contributed by atoms with E-state index in [1.807, 2.05) is 24.3 Å². The zero-order valence-electron chi connectivity index (χ0n) is 12.3. The minimum absolute atomic E-state index is 0.0543. The summed E-state index contributed by atoms with van der Waals surface area (Å²) in [5.74, 6) is 0.675. The van der Waals surface area contributed by atoms with Gasteiger partial charge in [-0.3, -0.25) is 10.1 Å². The fourth-order valence-electron chi connectivity index (χ4n) is 2.48. The van der Waals surface area contributed by atoms with Crippen molar-refractivity contribution in [2.75, 3.05) is 12.3 Å². The highest BCUT2D eigenvalue weighted by Gasteiger charge is 2.37. The second-order valence-electron chi connectivity index (χ2n) is 5.14. The van der Waals surface area contributed by atoms with Gasteiger partial charge >= 0.3 is 0 Å². The van der Waals surface area contributed by atoms with Crippen LogP contribution in [0.2, 0.25) is 0 Å². The Morgan fingerprint density at radius 1 is 1.21 bits per heavy atom. The van der Waals surface area contributed by atoms with Crippen LogP contribution in [0, 0.1) is 10.1 Å². The van der Waals surface area contributed by atoms with Gasteiger partial charge in [-0.25, -0.2) is 8.42 Å². The molecule has 1 unspecified atom stereocenters. The van der Waals surface area contributed by atoms with Crippen LogP contribution in [0.4, 0.5) is 5.69 Å². The lowest BCUT2D eigenvalue weighted by Crippen LogP contribution is -2.30. The Balaban J connectivity index is 1.97. The number of nitro groups is 1. The summed E-state index contributed by atoms with van der Waals surface area (Å²) in [6, 6.07) is 12.7. The van der Waals surface area contributed by atoms with Crippen molar-refractivity contribution in [1.82, 2.24) is 4.31 Å². The van der Waals surface area contributed by atoms with E-state index in [-0.39, 0.29) is 16.0 Å². The number of hydrogen-bond acceptors (Lipinski definition) is 5. The summed E-state index contributed by atoms with van der Waals surface area (Å²) < 4.78 is 28.2. The molecule has 0 spiro atoms. The number of nitrogens with zero attached hydrogens (tertiary/aromatic N) is 2. The largest absolute Gasteiger partial charge is 0.270 e. The van der Waals surface area contributed by atoms with E-state index in [9.17, 15) is 18.5 Å². The first kappa shape index (κ1) is 17.4. The first-order valence-corrected chi connectivity index (χ1v) is 10.3. The highest BCUT2D eigenvalue weighted by molar-refractivity contribution is 9.10. The van der Waals surface area contributed by atoms with E-state index in [2.05, 4.69) is 15.9 Å². The number of benzene rings is 2. The first-order chi connectivity index (χ1) is 11.4. The van der Waals surface area contributed by atoms with Crippen LogP contribution in [-0.2, 0) is 10.0 Å². The molecule has 1 saturated heterocycles. The lowest BCUT2D eigenvalue weighted by atomic mass is 10.2. The van der Waals surface area contributed by atoms with Gasteiger partial charge in [0.05, 0.1) is 15.2 Å². The minimum Gasteiger partial charge on any atom is -0.258 e. The zero-order chi connectivity index (χ0) is 17.3. The average Bonchev–Trinajstić information content (AvgIpc) is 3.06. The third-order valence-corrected chi connectivity index (χ3v) is 7.42. The third kappa shape index (κ3) is 3.34. The lowest BCUT2D eigenvalue weighted by Gasteiger charge is -2.23. The molecule has 0 N–H and O–H groups in total. The fourth-order valence-corrected chi connectivity index (χ4v) is 6.03. The van der Waals surface area contributed by atoms with Gasteiger partial charge in [0, 0.05) is 28.9 Å². The molecule has 0 amide bonds. The predicted molar refractivity (Wildman–Crippen MR) is 96.3 cm³/mol. The predicted octanol–water partition coefficient (Wildman–Crippen LogP) is 3.79. The number of halogens is 1. The summed E-state index contributed by atoms with van der Waals surface area (Å²) in [5, 5.41) is 10.6. The van der Waals surface area contributed by atoms with Gasteiger partial charge in [-0.05, 0) is 23.8 Å². The van der Waals surface area contributed by atoms with Gasteiger partial charge in [0.2, 0.25) is 10.0 Å². The van der Waals surface area contributed by atoms with Crippen LogP contribution in [0.25, 0.3) is 0 Å². The SMILES string of the molecule is O=[N+]([O-])c1cccc(S(=O)(=O)N2CCSC2c2ccc(Br)cc2)c1. The first-order valence-electron chi connectivity index (χ1n) is 7.03. The second kappa shape index (κ2) is 6.83. The van der Waals surface area contributed by atoms with Crippen LogP contribution in [0.1, 0.15) is 10.9 Å². The van der Waals surface area contributed by atoms with Crippen molar-refractivity contribution < 1.29 is 13.3 Å². The Morgan fingerprint density at radius 2 is 1.92 bits per heavy atom. The van der Waals surface area contributed by atoms with Gasteiger partial charge in [-0.2, -0.15) is 4.31 Å². The molecule has 126 valence electrons. The molecule has 2 aromatic carbocycles. The summed E-state index contributed by atoms with van der Waals surface area (Å²) in [6.07, 6.45) is 0.